The number of nitrogens with one attached hydrogen (secondary N) is 1. The summed E-state index contributed by atoms with van der Waals surface area (Å²) >= 11 is 0. The second kappa shape index (κ2) is 9.86. The number of rotatable bonds is 7. The van der Waals surface area contributed by atoms with Gasteiger partial charge in [-0.05, 0) is 66.8 Å². The number of hydrogen-bond acceptors (Lipinski definition) is 7. The van der Waals surface area contributed by atoms with Crippen LogP contribution in [0.3, 0.4) is 0 Å². The van der Waals surface area contributed by atoms with E-state index in [0.29, 0.717) is 23.0 Å². The number of aliphatic hydroxyl groups is 1. The number of ether oxygens (including phenoxy) is 3. The zero-order valence-electron chi connectivity index (χ0n) is 19.0. The van der Waals surface area contributed by atoms with Crippen LogP contribution in [-0.4, -0.2) is 48.2 Å². The van der Waals surface area contributed by atoms with Crippen molar-refractivity contribution >= 4 is 11.7 Å². The molecule has 2 aromatic carbocycles. The van der Waals surface area contributed by atoms with Gasteiger partial charge < -0.3 is 29.5 Å². The van der Waals surface area contributed by atoms with E-state index in [9.17, 15) is 19.1 Å². The Morgan fingerprint density at radius 3 is 2.46 bits per heavy atom. The van der Waals surface area contributed by atoms with Gasteiger partial charge in [-0.15, -0.1) is 0 Å². The summed E-state index contributed by atoms with van der Waals surface area (Å²) in [6.07, 6.45) is 8.69. The molecule has 1 heterocycles. The van der Waals surface area contributed by atoms with Gasteiger partial charge in [0.2, 0.25) is 11.5 Å². The zero-order chi connectivity index (χ0) is 25.0. The van der Waals surface area contributed by atoms with Crippen LogP contribution in [0.1, 0.15) is 10.4 Å². The first-order valence-corrected chi connectivity index (χ1v) is 10.6. The zero-order valence-corrected chi connectivity index (χ0v) is 19.0. The van der Waals surface area contributed by atoms with E-state index in [1.807, 2.05) is 0 Å². The average molecular weight is 478 g/mol. The summed E-state index contributed by atoms with van der Waals surface area (Å²) in [5, 5.41) is 13.5. The van der Waals surface area contributed by atoms with Crippen molar-refractivity contribution < 1.29 is 33.3 Å². The molecule has 2 aliphatic rings. The molecule has 2 aromatic rings. The van der Waals surface area contributed by atoms with Gasteiger partial charge in [0.25, 0.3) is 5.91 Å². The van der Waals surface area contributed by atoms with Gasteiger partial charge in [-0.25, -0.2) is 4.39 Å². The molecule has 1 amide bonds. The maximum atomic E-state index is 13.9. The quantitative estimate of drug-likeness (QED) is 0.629. The first-order valence-electron chi connectivity index (χ1n) is 10.6. The monoisotopic (exact) mass is 478 g/mol. The number of hydrogen-bond donors (Lipinski definition) is 2. The van der Waals surface area contributed by atoms with Gasteiger partial charge in [-0.1, -0.05) is 0 Å². The number of amides is 1. The van der Waals surface area contributed by atoms with E-state index in [1.54, 1.807) is 37.5 Å². The summed E-state index contributed by atoms with van der Waals surface area (Å²) in [7, 11) is 2.97. The van der Waals surface area contributed by atoms with Crippen LogP contribution in [0.4, 0.5) is 4.39 Å². The van der Waals surface area contributed by atoms with Crippen LogP contribution >= 0.6 is 0 Å². The highest BCUT2D eigenvalue weighted by Gasteiger charge is 2.39. The molecule has 0 radical (unpaired) electrons. The van der Waals surface area contributed by atoms with E-state index in [1.165, 1.54) is 54.6 Å². The molecule has 0 saturated carbocycles. The minimum Gasteiger partial charge on any atom is -0.497 e. The van der Waals surface area contributed by atoms with Crippen molar-refractivity contribution in [1.29, 1.82) is 0 Å². The summed E-state index contributed by atoms with van der Waals surface area (Å²) in [4.78, 5) is 26.8. The Morgan fingerprint density at radius 2 is 1.83 bits per heavy atom. The largest absolute Gasteiger partial charge is 0.497 e. The molecule has 180 valence electrons. The molecule has 35 heavy (non-hydrogen) atoms. The maximum Gasteiger partial charge on any atom is 0.259 e. The van der Waals surface area contributed by atoms with Crippen molar-refractivity contribution in [3.05, 3.63) is 102 Å². The third kappa shape index (κ3) is 5.10. The Hall–Kier alpha value is -4.37. The Kier molecular flexibility index (Phi) is 6.70. The molecule has 0 aromatic heterocycles. The van der Waals surface area contributed by atoms with Crippen molar-refractivity contribution in [1.82, 2.24) is 10.2 Å². The standard InChI is InChI=1S/C26H23FN2O6/c1-33-19-4-6-20(7-5-19)35-23-8-3-17(27)15-22(23)25(31)28-18-10-13-29(14-11-18)26(32)12-9-21(34-2)16-24(26)30/h3-13,15-16,32H,14H2,1-2H3,(H,28,31). The number of benzene rings is 2. The molecule has 1 unspecified atom stereocenters. The topological polar surface area (TPSA) is 97.3 Å². The fourth-order valence-electron chi connectivity index (χ4n) is 3.51. The first-order chi connectivity index (χ1) is 16.8. The Morgan fingerprint density at radius 1 is 1.09 bits per heavy atom. The fourth-order valence-corrected chi connectivity index (χ4v) is 3.51. The number of ketones is 1. The van der Waals surface area contributed by atoms with Gasteiger partial charge in [-0.2, -0.15) is 0 Å². The SMILES string of the molecule is COC1=CC(=O)C(O)(N2C=CC(NC(=O)c3cc(F)ccc3Oc3ccc(OC)cc3)=CC2)C=C1. The second-order valence-electron chi connectivity index (χ2n) is 7.67. The van der Waals surface area contributed by atoms with Crippen LogP contribution in [0.25, 0.3) is 0 Å². The van der Waals surface area contributed by atoms with Crippen LogP contribution in [0.5, 0.6) is 17.2 Å². The molecule has 0 bridgehead atoms. The lowest BCUT2D eigenvalue weighted by Gasteiger charge is -2.37. The van der Waals surface area contributed by atoms with Gasteiger partial charge >= 0.3 is 0 Å². The van der Waals surface area contributed by atoms with Gasteiger partial charge in [0.15, 0.2) is 0 Å². The molecule has 1 aliphatic heterocycles. The van der Waals surface area contributed by atoms with E-state index in [0.717, 1.165) is 6.07 Å². The van der Waals surface area contributed by atoms with Gasteiger partial charge in [-0.3, -0.25) is 9.59 Å². The summed E-state index contributed by atoms with van der Waals surface area (Å²) in [6.45, 7) is 0.132. The van der Waals surface area contributed by atoms with Crippen molar-refractivity contribution in [3.63, 3.8) is 0 Å². The fraction of sp³-hybridized carbons (Fsp3) is 0.154. The minimum atomic E-state index is -1.87. The van der Waals surface area contributed by atoms with Crippen molar-refractivity contribution in [2.45, 2.75) is 5.72 Å². The van der Waals surface area contributed by atoms with E-state index < -0.39 is 23.2 Å². The molecule has 0 fully saturated rings. The molecule has 8 nitrogen and oxygen atoms in total. The predicted molar refractivity (Wildman–Crippen MR) is 125 cm³/mol. The predicted octanol–water partition coefficient (Wildman–Crippen LogP) is 3.43. The highest BCUT2D eigenvalue weighted by Crippen LogP contribution is 2.29. The lowest BCUT2D eigenvalue weighted by atomic mass is 9.99. The molecule has 2 N–H and O–H groups in total. The summed E-state index contributed by atoms with van der Waals surface area (Å²) < 4.78 is 29.9. The third-order valence-corrected chi connectivity index (χ3v) is 5.46. The molecule has 9 heteroatoms. The first kappa shape index (κ1) is 23.8. The summed E-state index contributed by atoms with van der Waals surface area (Å²) in [6, 6.07) is 10.4. The van der Waals surface area contributed by atoms with Gasteiger partial charge in [0.1, 0.15) is 28.8 Å². The minimum absolute atomic E-state index is 0.00111. The van der Waals surface area contributed by atoms with Crippen LogP contribution in [0.15, 0.2) is 90.5 Å². The lowest BCUT2D eigenvalue weighted by molar-refractivity contribution is -0.140. The normalized spacial score (nSPS) is 19.1. The number of halogens is 1. The number of nitrogens with zero attached hydrogens (tertiary/aromatic N) is 1. The van der Waals surface area contributed by atoms with E-state index in [2.05, 4.69) is 5.32 Å². The number of carbonyl (C=O) groups is 2. The van der Waals surface area contributed by atoms with Crippen LogP contribution in [-0.2, 0) is 9.53 Å². The van der Waals surface area contributed by atoms with Crippen LogP contribution in [0.2, 0.25) is 0 Å². The Labute approximate surface area is 201 Å². The maximum absolute atomic E-state index is 13.9. The van der Waals surface area contributed by atoms with E-state index in [4.69, 9.17) is 14.2 Å². The van der Waals surface area contributed by atoms with Crippen molar-refractivity contribution in [2.24, 2.45) is 0 Å². The van der Waals surface area contributed by atoms with Gasteiger partial charge in [0, 0.05) is 24.5 Å². The molecular formula is C26H23FN2O6. The van der Waals surface area contributed by atoms with Crippen LogP contribution < -0.4 is 14.8 Å². The van der Waals surface area contributed by atoms with E-state index >= 15 is 0 Å². The molecule has 0 saturated heterocycles. The Bertz CT molecular complexity index is 1270. The lowest BCUT2D eigenvalue weighted by Crippen LogP contribution is -2.52. The third-order valence-electron chi connectivity index (χ3n) is 5.46. The molecule has 4 rings (SSSR count). The van der Waals surface area contributed by atoms with E-state index in [-0.39, 0.29) is 17.9 Å². The highest BCUT2D eigenvalue weighted by atomic mass is 19.1. The Balaban J connectivity index is 1.46. The highest BCUT2D eigenvalue weighted by molar-refractivity contribution is 6.00. The average Bonchev–Trinajstić information content (AvgIpc) is 2.87. The second-order valence-corrected chi connectivity index (χ2v) is 7.67. The van der Waals surface area contributed by atoms with Crippen molar-refractivity contribution in [3.8, 4) is 17.2 Å². The molecule has 1 aliphatic carbocycles. The van der Waals surface area contributed by atoms with Crippen molar-refractivity contribution in [2.75, 3.05) is 20.8 Å². The summed E-state index contributed by atoms with van der Waals surface area (Å²) in [5.74, 6) is -0.131. The molecular weight excluding hydrogens is 455 g/mol. The smallest absolute Gasteiger partial charge is 0.259 e. The molecule has 0 spiro atoms. The van der Waals surface area contributed by atoms with Gasteiger partial charge in [0.05, 0.1) is 19.8 Å². The number of allylic oxidation sites excluding steroid dienone is 2. The summed E-state index contributed by atoms with van der Waals surface area (Å²) in [5.41, 5.74) is -1.46. The number of methoxy groups -OCH3 is 2. The van der Waals surface area contributed by atoms with Crippen LogP contribution in [0, 0.1) is 5.82 Å². The molecule has 1 atom stereocenters. The number of carbonyl (C=O) groups excluding carboxylic acids is 2.